The first kappa shape index (κ1) is 16.1. The van der Waals surface area contributed by atoms with Gasteiger partial charge in [-0.15, -0.1) is 0 Å². The number of hydrogen-bond donors (Lipinski definition) is 1. The molecular weight excluding hydrogens is 317 g/mol. The molecule has 0 radical (unpaired) electrons. The van der Waals surface area contributed by atoms with E-state index < -0.39 is 12.1 Å². The van der Waals surface area contributed by atoms with Gasteiger partial charge >= 0.3 is 5.97 Å². The van der Waals surface area contributed by atoms with Gasteiger partial charge in [-0.2, -0.15) is 5.10 Å². The van der Waals surface area contributed by atoms with E-state index in [2.05, 4.69) is 5.10 Å². The standard InChI is InChI=1S/C16H16FN3O4/c1-10-13(8-18-20(10)12-4-2-11(17)3-5-12)15(21)19-6-7-24-14(9-19)16(22)23/h2-5,8,14H,6-7,9H2,1H3,(H,22,23)/t14-/m0/s1. The Labute approximate surface area is 137 Å². The van der Waals surface area contributed by atoms with Gasteiger partial charge in [0, 0.05) is 6.54 Å². The summed E-state index contributed by atoms with van der Waals surface area (Å²) in [6.45, 7) is 2.23. The van der Waals surface area contributed by atoms with E-state index in [1.54, 1.807) is 23.7 Å². The number of amides is 1. The largest absolute Gasteiger partial charge is 0.479 e. The Hall–Kier alpha value is -2.74. The van der Waals surface area contributed by atoms with Crippen molar-refractivity contribution in [3.63, 3.8) is 0 Å². The number of nitrogens with zero attached hydrogens (tertiary/aromatic N) is 3. The number of carbonyl (C=O) groups excluding carboxylic acids is 1. The van der Waals surface area contributed by atoms with Crippen LogP contribution in [0, 0.1) is 12.7 Å². The summed E-state index contributed by atoms with van der Waals surface area (Å²) in [6.07, 6.45) is 0.418. The topological polar surface area (TPSA) is 84.7 Å². The molecule has 1 N–H and O–H groups in total. The van der Waals surface area contributed by atoms with Gasteiger partial charge in [-0.25, -0.2) is 13.9 Å². The highest BCUT2D eigenvalue weighted by molar-refractivity contribution is 5.95. The second-order valence-corrected chi connectivity index (χ2v) is 5.48. The highest BCUT2D eigenvalue weighted by atomic mass is 19.1. The van der Waals surface area contributed by atoms with Crippen molar-refractivity contribution in [3.8, 4) is 5.69 Å². The van der Waals surface area contributed by atoms with Crippen LogP contribution in [0.4, 0.5) is 4.39 Å². The maximum atomic E-state index is 13.0. The van der Waals surface area contributed by atoms with Gasteiger partial charge < -0.3 is 14.7 Å². The molecular formula is C16H16FN3O4. The molecule has 1 aromatic carbocycles. The molecule has 3 rings (SSSR count). The summed E-state index contributed by atoms with van der Waals surface area (Å²) in [7, 11) is 0. The van der Waals surface area contributed by atoms with Crippen LogP contribution in [0.2, 0.25) is 0 Å². The van der Waals surface area contributed by atoms with E-state index in [0.29, 0.717) is 23.5 Å². The van der Waals surface area contributed by atoms with Crippen molar-refractivity contribution in [2.24, 2.45) is 0 Å². The molecule has 0 spiro atoms. The Morgan fingerprint density at radius 2 is 2.04 bits per heavy atom. The third-order valence-corrected chi connectivity index (χ3v) is 3.94. The second kappa shape index (κ2) is 6.40. The minimum atomic E-state index is -1.09. The van der Waals surface area contributed by atoms with E-state index in [9.17, 15) is 14.0 Å². The molecule has 1 atom stereocenters. The van der Waals surface area contributed by atoms with Crippen LogP contribution in [0.15, 0.2) is 30.5 Å². The Bertz CT molecular complexity index is 772. The van der Waals surface area contributed by atoms with E-state index in [4.69, 9.17) is 9.84 Å². The van der Waals surface area contributed by atoms with Crippen LogP contribution in [0.1, 0.15) is 16.1 Å². The van der Waals surface area contributed by atoms with Crippen LogP contribution in [0.5, 0.6) is 0 Å². The molecule has 0 unspecified atom stereocenters. The number of aliphatic carboxylic acids is 1. The van der Waals surface area contributed by atoms with Crippen molar-refractivity contribution in [2.75, 3.05) is 19.7 Å². The molecule has 7 nitrogen and oxygen atoms in total. The number of carboxylic acid groups (broad SMARTS) is 1. The fraction of sp³-hybridized carbons (Fsp3) is 0.312. The van der Waals surface area contributed by atoms with Gasteiger partial charge in [0.05, 0.1) is 36.3 Å². The van der Waals surface area contributed by atoms with Crippen LogP contribution < -0.4 is 0 Å². The third kappa shape index (κ3) is 3.00. The van der Waals surface area contributed by atoms with Crippen LogP contribution in [0.3, 0.4) is 0 Å². The lowest BCUT2D eigenvalue weighted by Crippen LogP contribution is -2.48. The van der Waals surface area contributed by atoms with Crippen LogP contribution in [0.25, 0.3) is 5.69 Å². The van der Waals surface area contributed by atoms with E-state index >= 15 is 0 Å². The monoisotopic (exact) mass is 333 g/mol. The number of halogens is 1. The number of carbonyl (C=O) groups is 2. The molecule has 126 valence electrons. The fourth-order valence-electron chi connectivity index (χ4n) is 2.62. The molecule has 1 fully saturated rings. The first-order valence-electron chi connectivity index (χ1n) is 7.41. The van der Waals surface area contributed by atoms with Gasteiger partial charge in [0.15, 0.2) is 6.10 Å². The molecule has 0 aliphatic carbocycles. The summed E-state index contributed by atoms with van der Waals surface area (Å²) in [4.78, 5) is 25.1. The van der Waals surface area contributed by atoms with E-state index in [1.165, 1.54) is 23.2 Å². The summed E-state index contributed by atoms with van der Waals surface area (Å²) in [5.74, 6) is -1.74. The molecule has 2 heterocycles. The number of morpholine rings is 1. The van der Waals surface area contributed by atoms with Crippen molar-refractivity contribution >= 4 is 11.9 Å². The summed E-state index contributed by atoms with van der Waals surface area (Å²) in [5, 5.41) is 13.2. The zero-order valence-electron chi connectivity index (χ0n) is 13.0. The number of ether oxygens (including phenoxy) is 1. The normalized spacial score (nSPS) is 17.8. The van der Waals surface area contributed by atoms with Gasteiger partial charge in [-0.3, -0.25) is 4.79 Å². The molecule has 24 heavy (non-hydrogen) atoms. The lowest BCUT2D eigenvalue weighted by Gasteiger charge is -2.30. The van der Waals surface area contributed by atoms with Gasteiger partial charge in [0.1, 0.15) is 5.82 Å². The number of benzene rings is 1. The van der Waals surface area contributed by atoms with Crippen LogP contribution >= 0.6 is 0 Å². The first-order valence-corrected chi connectivity index (χ1v) is 7.41. The molecule has 8 heteroatoms. The highest BCUT2D eigenvalue weighted by Crippen LogP contribution is 2.18. The molecule has 0 saturated carbocycles. The van der Waals surface area contributed by atoms with Crippen molar-refractivity contribution in [1.82, 2.24) is 14.7 Å². The molecule has 1 aliphatic heterocycles. The maximum absolute atomic E-state index is 13.0. The predicted octanol–water partition coefficient (Wildman–Crippen LogP) is 1.25. The number of rotatable bonds is 3. The average molecular weight is 333 g/mol. The van der Waals surface area contributed by atoms with Crippen LogP contribution in [-0.4, -0.2) is 57.5 Å². The highest BCUT2D eigenvalue weighted by Gasteiger charge is 2.30. The molecule has 2 aromatic rings. The molecule has 1 aromatic heterocycles. The first-order chi connectivity index (χ1) is 11.5. The maximum Gasteiger partial charge on any atom is 0.334 e. The van der Waals surface area contributed by atoms with E-state index in [-0.39, 0.29) is 24.9 Å². The lowest BCUT2D eigenvalue weighted by atomic mass is 10.2. The van der Waals surface area contributed by atoms with Crippen molar-refractivity contribution in [1.29, 1.82) is 0 Å². The number of aromatic nitrogens is 2. The molecule has 0 bridgehead atoms. The number of hydrogen-bond acceptors (Lipinski definition) is 4. The van der Waals surface area contributed by atoms with Crippen molar-refractivity contribution < 1.29 is 23.8 Å². The Kier molecular flexibility index (Phi) is 4.30. The Balaban J connectivity index is 1.83. The molecule has 1 aliphatic rings. The zero-order valence-corrected chi connectivity index (χ0v) is 13.0. The average Bonchev–Trinajstić information content (AvgIpc) is 2.96. The molecule has 1 amide bonds. The SMILES string of the molecule is Cc1c(C(=O)N2CCO[C@H](C(=O)O)C2)cnn1-c1ccc(F)cc1. The van der Waals surface area contributed by atoms with Crippen molar-refractivity contribution in [2.45, 2.75) is 13.0 Å². The van der Waals surface area contributed by atoms with Gasteiger partial charge in [-0.1, -0.05) is 0 Å². The van der Waals surface area contributed by atoms with E-state index in [1.807, 2.05) is 0 Å². The van der Waals surface area contributed by atoms with Crippen LogP contribution in [-0.2, 0) is 9.53 Å². The Morgan fingerprint density at radius 3 is 2.71 bits per heavy atom. The number of carboxylic acids is 1. The smallest absolute Gasteiger partial charge is 0.334 e. The van der Waals surface area contributed by atoms with E-state index in [0.717, 1.165) is 0 Å². The summed E-state index contributed by atoms with van der Waals surface area (Å²) >= 11 is 0. The fourth-order valence-corrected chi connectivity index (χ4v) is 2.62. The van der Waals surface area contributed by atoms with Gasteiger partial charge in [0.2, 0.25) is 0 Å². The zero-order chi connectivity index (χ0) is 17.3. The predicted molar refractivity (Wildman–Crippen MR) is 81.5 cm³/mol. The lowest BCUT2D eigenvalue weighted by molar-refractivity contribution is -0.154. The Morgan fingerprint density at radius 1 is 1.33 bits per heavy atom. The van der Waals surface area contributed by atoms with Gasteiger partial charge in [0.25, 0.3) is 5.91 Å². The second-order valence-electron chi connectivity index (χ2n) is 5.48. The van der Waals surface area contributed by atoms with Gasteiger partial charge in [-0.05, 0) is 31.2 Å². The minimum Gasteiger partial charge on any atom is -0.479 e. The third-order valence-electron chi connectivity index (χ3n) is 3.94. The minimum absolute atomic E-state index is 0.00463. The molecule has 1 saturated heterocycles. The quantitative estimate of drug-likeness (QED) is 0.914. The summed E-state index contributed by atoms with van der Waals surface area (Å²) in [5.41, 5.74) is 1.62. The summed E-state index contributed by atoms with van der Waals surface area (Å²) in [6, 6.07) is 5.77. The summed E-state index contributed by atoms with van der Waals surface area (Å²) < 4.78 is 19.7. The van der Waals surface area contributed by atoms with Crippen molar-refractivity contribution in [3.05, 3.63) is 47.5 Å².